The van der Waals surface area contributed by atoms with Crippen molar-refractivity contribution in [3.8, 4) is 0 Å². The van der Waals surface area contributed by atoms with Crippen LogP contribution in [-0.2, 0) is 19.2 Å². The summed E-state index contributed by atoms with van der Waals surface area (Å²) in [5.74, 6) is -3.38. The monoisotopic (exact) mass is 378 g/mol. The van der Waals surface area contributed by atoms with Gasteiger partial charge in [-0.2, -0.15) is 0 Å². The number of hydrogen-bond donors (Lipinski definition) is 2. The fourth-order valence-corrected chi connectivity index (χ4v) is 0.660. The van der Waals surface area contributed by atoms with Gasteiger partial charge in [-0.25, -0.2) is 0 Å². The van der Waals surface area contributed by atoms with Crippen molar-refractivity contribution in [3.63, 3.8) is 0 Å². The average molecular weight is 378 g/mol. The standard InChI is InChI=1S/C6H13NO2.C6H10O3.C3H8O.C3H6O/c2*1-6(2,3)4(7)5(8)9;2*1-3(2)4/h4H,7H2,1-3H3,(H,8,9);1-3H3,(H,8,9);3-4H,1-2H3;1-2H3/p-1/t4-;;;/m1.../s1. The quantitative estimate of drug-likeness (QED) is 0.566. The molecule has 0 aromatic rings. The van der Waals surface area contributed by atoms with Gasteiger partial charge in [-0.15, -0.1) is 0 Å². The number of aliphatic hydroxyl groups excluding tert-OH is 1. The molecule has 0 fully saturated rings. The molecule has 1 atom stereocenters. The van der Waals surface area contributed by atoms with Crippen LogP contribution in [0.3, 0.4) is 0 Å². The van der Waals surface area contributed by atoms with Crippen molar-refractivity contribution in [1.82, 2.24) is 0 Å². The van der Waals surface area contributed by atoms with Gasteiger partial charge in [0.1, 0.15) is 17.8 Å². The Morgan fingerprint density at radius 3 is 1.12 bits per heavy atom. The van der Waals surface area contributed by atoms with E-state index in [0.29, 0.717) is 0 Å². The van der Waals surface area contributed by atoms with Crippen LogP contribution in [0, 0.1) is 10.8 Å². The van der Waals surface area contributed by atoms with Crippen LogP contribution >= 0.6 is 0 Å². The summed E-state index contributed by atoms with van der Waals surface area (Å²) in [7, 11) is 0. The number of carboxylic acids is 2. The molecular weight excluding hydrogens is 342 g/mol. The molecule has 0 aliphatic carbocycles. The van der Waals surface area contributed by atoms with E-state index in [1.807, 2.05) is 20.8 Å². The van der Waals surface area contributed by atoms with Crippen molar-refractivity contribution < 1.29 is 40.2 Å². The number of carboxylic acid groups (broad SMARTS) is 2. The first-order chi connectivity index (χ1) is 11.2. The molecule has 0 aliphatic heterocycles. The summed E-state index contributed by atoms with van der Waals surface area (Å²) in [6.45, 7) is 16.6. The lowest BCUT2D eigenvalue weighted by Crippen LogP contribution is -2.73. The number of carbonyl (C=O) groups is 4. The molecule has 0 spiro atoms. The highest BCUT2D eigenvalue weighted by Gasteiger charge is 2.24. The Morgan fingerprint density at radius 1 is 0.885 bits per heavy atom. The number of aliphatic hydroxyl groups is 1. The van der Waals surface area contributed by atoms with Gasteiger partial charge >= 0.3 is 0 Å². The lowest BCUT2D eigenvalue weighted by atomic mass is 9.88. The van der Waals surface area contributed by atoms with Crippen molar-refractivity contribution in [3.05, 3.63) is 0 Å². The Balaban J connectivity index is -0.000000134. The highest BCUT2D eigenvalue weighted by atomic mass is 16.4. The first-order valence-electron chi connectivity index (χ1n) is 8.12. The first kappa shape index (κ1) is 31.9. The van der Waals surface area contributed by atoms with Crippen LogP contribution in [0.2, 0.25) is 0 Å². The highest BCUT2D eigenvalue weighted by Crippen LogP contribution is 2.14. The number of Topliss-reactive ketones (excluding diaryl/α,β-unsaturated/α-hetero) is 2. The average Bonchev–Trinajstić information content (AvgIpc) is 2.33. The smallest absolute Gasteiger partial charge is 0.183 e. The van der Waals surface area contributed by atoms with Crippen molar-refractivity contribution in [2.24, 2.45) is 10.8 Å². The topological polar surface area (TPSA) is 162 Å². The number of quaternary nitrogens is 1. The summed E-state index contributed by atoms with van der Waals surface area (Å²) in [6.07, 6.45) is -0.167. The maximum atomic E-state index is 10.5. The van der Waals surface area contributed by atoms with Gasteiger partial charge in [0, 0.05) is 16.9 Å². The zero-order valence-electron chi connectivity index (χ0n) is 17.8. The van der Waals surface area contributed by atoms with E-state index in [9.17, 15) is 29.4 Å². The minimum absolute atomic E-state index is 0.167. The zero-order chi connectivity index (χ0) is 22.5. The summed E-state index contributed by atoms with van der Waals surface area (Å²) in [4.78, 5) is 40.0. The summed E-state index contributed by atoms with van der Waals surface area (Å²) in [5, 5.41) is 28.1. The van der Waals surface area contributed by atoms with Crippen LogP contribution < -0.4 is 15.9 Å². The Labute approximate surface area is 156 Å². The number of rotatable bonds is 2. The minimum atomic E-state index is -1.61. The maximum absolute atomic E-state index is 10.5. The molecule has 0 saturated heterocycles. The van der Waals surface area contributed by atoms with Gasteiger partial charge in [-0.3, -0.25) is 4.79 Å². The SMILES string of the molecule is CC(C)(C)C(=O)C(=O)[O-].CC(C)(C)[C@H]([NH3+])C(=O)[O-].CC(C)=O.CC(C)O. The number of aliphatic carboxylic acids is 2. The van der Waals surface area contributed by atoms with E-state index < -0.39 is 29.2 Å². The normalized spacial score (nSPS) is 11.4. The minimum Gasteiger partial charge on any atom is -0.544 e. The Bertz CT molecular complexity index is 437. The van der Waals surface area contributed by atoms with Crippen molar-refractivity contribution in [2.45, 2.75) is 81.4 Å². The molecule has 0 bridgehead atoms. The highest BCUT2D eigenvalue weighted by molar-refractivity contribution is 6.33. The van der Waals surface area contributed by atoms with E-state index in [0.717, 1.165) is 0 Å². The van der Waals surface area contributed by atoms with Crippen LogP contribution in [0.15, 0.2) is 0 Å². The Morgan fingerprint density at radius 2 is 1.12 bits per heavy atom. The maximum Gasteiger partial charge on any atom is 0.183 e. The van der Waals surface area contributed by atoms with Crippen LogP contribution in [0.25, 0.3) is 0 Å². The molecular formula is C18H36NO7-. The molecule has 0 heterocycles. The van der Waals surface area contributed by atoms with Crippen molar-refractivity contribution >= 4 is 23.5 Å². The molecule has 26 heavy (non-hydrogen) atoms. The number of carbonyl (C=O) groups excluding carboxylic acids is 4. The summed E-state index contributed by atoms with van der Waals surface area (Å²) >= 11 is 0. The fourth-order valence-electron chi connectivity index (χ4n) is 0.660. The predicted octanol–water partition coefficient (Wildman–Crippen LogP) is -1.27. The third kappa shape index (κ3) is 30.1. The molecule has 0 aliphatic rings. The molecule has 0 aromatic heterocycles. The largest absolute Gasteiger partial charge is 0.544 e. The van der Waals surface area contributed by atoms with E-state index in [1.165, 1.54) is 34.6 Å². The Hall–Kier alpha value is -1.80. The van der Waals surface area contributed by atoms with E-state index >= 15 is 0 Å². The first-order valence-corrected chi connectivity index (χ1v) is 8.12. The molecule has 0 radical (unpaired) electrons. The van der Waals surface area contributed by atoms with Crippen molar-refractivity contribution in [1.29, 1.82) is 0 Å². The summed E-state index contributed by atoms with van der Waals surface area (Å²) in [5.41, 5.74) is 2.33. The molecule has 0 unspecified atom stereocenters. The Kier molecular flexibility index (Phi) is 17.7. The molecule has 4 N–H and O–H groups in total. The van der Waals surface area contributed by atoms with Gasteiger partial charge in [0.15, 0.2) is 5.78 Å². The molecule has 8 nitrogen and oxygen atoms in total. The number of ketones is 2. The van der Waals surface area contributed by atoms with Gasteiger partial charge in [0.2, 0.25) is 0 Å². The van der Waals surface area contributed by atoms with Gasteiger partial charge < -0.3 is 35.4 Å². The lowest BCUT2D eigenvalue weighted by Gasteiger charge is -2.23. The number of hydrogen-bond acceptors (Lipinski definition) is 7. The summed E-state index contributed by atoms with van der Waals surface area (Å²) in [6, 6.07) is -0.627. The van der Waals surface area contributed by atoms with Crippen LogP contribution in [0.1, 0.15) is 69.2 Å². The van der Waals surface area contributed by atoms with Crippen LogP contribution in [0.5, 0.6) is 0 Å². The molecule has 0 saturated carbocycles. The summed E-state index contributed by atoms with van der Waals surface area (Å²) < 4.78 is 0. The zero-order valence-corrected chi connectivity index (χ0v) is 17.8. The molecule has 0 rings (SSSR count). The predicted molar refractivity (Wildman–Crippen MR) is 94.3 cm³/mol. The fraction of sp³-hybridized carbons (Fsp3) is 0.778. The third-order valence-corrected chi connectivity index (χ3v) is 2.20. The third-order valence-electron chi connectivity index (χ3n) is 2.20. The van der Waals surface area contributed by atoms with Crippen molar-refractivity contribution in [2.75, 3.05) is 0 Å². The molecule has 0 aromatic carbocycles. The van der Waals surface area contributed by atoms with Crippen LogP contribution in [-0.4, -0.2) is 40.8 Å². The van der Waals surface area contributed by atoms with E-state index in [2.05, 4.69) is 5.73 Å². The molecule has 0 amide bonds. The molecule has 8 heteroatoms. The second-order valence-corrected chi connectivity index (χ2v) is 8.11. The van der Waals surface area contributed by atoms with Gasteiger partial charge in [0.25, 0.3) is 0 Å². The van der Waals surface area contributed by atoms with E-state index in [4.69, 9.17) is 5.11 Å². The second kappa shape index (κ2) is 14.4. The second-order valence-electron chi connectivity index (χ2n) is 8.11. The van der Waals surface area contributed by atoms with Gasteiger partial charge in [-0.05, 0) is 27.7 Å². The molecule has 156 valence electrons. The van der Waals surface area contributed by atoms with E-state index in [-0.39, 0.29) is 17.3 Å². The van der Waals surface area contributed by atoms with Gasteiger partial charge in [0.05, 0.1) is 5.97 Å². The van der Waals surface area contributed by atoms with Gasteiger partial charge in [-0.1, -0.05) is 41.5 Å². The van der Waals surface area contributed by atoms with E-state index in [1.54, 1.807) is 13.8 Å². The van der Waals surface area contributed by atoms with Crippen LogP contribution in [0.4, 0.5) is 0 Å². The lowest BCUT2D eigenvalue weighted by molar-refractivity contribution is -0.456.